The monoisotopic (exact) mass is 287 g/mol. The van der Waals surface area contributed by atoms with Gasteiger partial charge in [-0.15, -0.1) is 0 Å². The second-order valence-electron chi connectivity index (χ2n) is 3.31. The fraction of sp³-hybridized carbons (Fsp3) is 0.200. The van der Waals surface area contributed by atoms with Gasteiger partial charge in [-0.3, -0.25) is 4.79 Å². The van der Waals surface area contributed by atoms with Crippen LogP contribution in [-0.4, -0.2) is 20.9 Å². The number of sulfonamides is 1. The van der Waals surface area contributed by atoms with Crippen LogP contribution in [0.15, 0.2) is 23.1 Å². The number of carbonyl (C=O) groups is 1. The van der Waals surface area contributed by atoms with E-state index in [1.807, 2.05) is 0 Å². The van der Waals surface area contributed by atoms with Crippen LogP contribution < -0.4 is 10.0 Å². The highest BCUT2D eigenvalue weighted by Gasteiger charge is 2.15. The molecule has 1 rings (SSSR count). The Kier molecular flexibility index (Phi) is 4.67. The van der Waals surface area contributed by atoms with Gasteiger partial charge in [0.05, 0.1) is 28.2 Å². The van der Waals surface area contributed by atoms with Crippen LogP contribution in [0.25, 0.3) is 0 Å². The lowest BCUT2D eigenvalue weighted by Crippen LogP contribution is -2.24. The molecule has 0 fully saturated rings. The second kappa shape index (κ2) is 5.82. The molecule has 1 aromatic carbocycles. The number of amides is 1. The molecular weight excluding hydrogens is 278 g/mol. The first-order valence-corrected chi connectivity index (χ1v) is 6.66. The first-order valence-electron chi connectivity index (χ1n) is 4.80. The Morgan fingerprint density at radius 2 is 2.17 bits per heavy atom. The molecule has 6 nitrogen and oxygen atoms in total. The van der Waals surface area contributed by atoms with Crippen LogP contribution >= 0.6 is 11.6 Å². The average Bonchev–Trinajstić information content (AvgIpc) is 2.28. The Labute approximate surface area is 110 Å². The maximum atomic E-state index is 11.7. The van der Waals surface area contributed by atoms with Crippen molar-refractivity contribution in [1.29, 1.82) is 5.26 Å². The third-order valence-electron chi connectivity index (χ3n) is 1.90. The smallest absolute Gasteiger partial charge is 0.241 e. The number of hydrogen-bond donors (Lipinski definition) is 2. The highest BCUT2D eigenvalue weighted by molar-refractivity contribution is 7.89. The van der Waals surface area contributed by atoms with Crippen molar-refractivity contribution in [3.63, 3.8) is 0 Å². The van der Waals surface area contributed by atoms with E-state index < -0.39 is 10.0 Å². The van der Waals surface area contributed by atoms with Crippen LogP contribution in [0.5, 0.6) is 0 Å². The van der Waals surface area contributed by atoms with Crippen molar-refractivity contribution in [3.8, 4) is 6.07 Å². The number of rotatable bonds is 4. The lowest BCUT2D eigenvalue weighted by molar-refractivity contribution is -0.114. The minimum atomic E-state index is -3.76. The van der Waals surface area contributed by atoms with Gasteiger partial charge in [0.1, 0.15) is 0 Å². The molecule has 0 spiro atoms. The van der Waals surface area contributed by atoms with Gasteiger partial charge in [0, 0.05) is 6.92 Å². The van der Waals surface area contributed by atoms with E-state index in [1.54, 1.807) is 6.07 Å². The zero-order valence-electron chi connectivity index (χ0n) is 9.40. The van der Waals surface area contributed by atoms with Crippen LogP contribution in [0.3, 0.4) is 0 Å². The molecule has 0 heterocycles. The molecule has 0 aliphatic carbocycles. The topological polar surface area (TPSA) is 99.1 Å². The zero-order chi connectivity index (χ0) is 13.8. The standard InChI is InChI=1S/C10H10ClN3O3S/c1-7(15)14-10-3-2-8(6-9(10)11)18(16,17)13-5-4-12/h2-3,6,13H,5H2,1H3,(H,14,15). The minimum Gasteiger partial charge on any atom is -0.325 e. The van der Waals surface area contributed by atoms with Crippen LogP contribution in [0.2, 0.25) is 5.02 Å². The van der Waals surface area contributed by atoms with E-state index >= 15 is 0 Å². The fourth-order valence-corrected chi connectivity index (χ4v) is 2.40. The van der Waals surface area contributed by atoms with Crippen molar-refractivity contribution in [1.82, 2.24) is 4.72 Å². The number of carbonyl (C=O) groups excluding carboxylic acids is 1. The summed E-state index contributed by atoms with van der Waals surface area (Å²) < 4.78 is 25.4. The van der Waals surface area contributed by atoms with Crippen LogP contribution in [0.4, 0.5) is 5.69 Å². The van der Waals surface area contributed by atoms with E-state index in [2.05, 4.69) is 10.0 Å². The molecule has 0 bridgehead atoms. The maximum Gasteiger partial charge on any atom is 0.241 e. The van der Waals surface area contributed by atoms with E-state index in [4.69, 9.17) is 16.9 Å². The maximum absolute atomic E-state index is 11.7. The van der Waals surface area contributed by atoms with E-state index in [0.717, 1.165) is 0 Å². The van der Waals surface area contributed by atoms with Gasteiger partial charge in [0.15, 0.2) is 0 Å². The van der Waals surface area contributed by atoms with E-state index in [0.29, 0.717) is 5.69 Å². The average molecular weight is 288 g/mol. The molecule has 0 saturated carbocycles. The highest BCUT2D eigenvalue weighted by Crippen LogP contribution is 2.25. The Hall–Kier alpha value is -1.62. The van der Waals surface area contributed by atoms with Crippen molar-refractivity contribution in [2.45, 2.75) is 11.8 Å². The predicted molar refractivity (Wildman–Crippen MR) is 66.6 cm³/mol. The molecule has 1 aromatic rings. The first-order chi connectivity index (χ1) is 8.36. The molecule has 0 atom stereocenters. The molecule has 8 heteroatoms. The van der Waals surface area contributed by atoms with Gasteiger partial charge in [-0.1, -0.05) is 11.6 Å². The molecule has 2 N–H and O–H groups in total. The lowest BCUT2D eigenvalue weighted by Gasteiger charge is -2.08. The summed E-state index contributed by atoms with van der Waals surface area (Å²) in [5.74, 6) is -0.310. The van der Waals surface area contributed by atoms with Crippen LogP contribution in [0.1, 0.15) is 6.92 Å². The predicted octanol–water partition coefficient (Wildman–Crippen LogP) is 1.10. The van der Waals surface area contributed by atoms with Crippen LogP contribution in [0, 0.1) is 11.3 Å². The molecule has 0 unspecified atom stereocenters. The molecule has 0 saturated heterocycles. The van der Waals surface area contributed by atoms with Gasteiger partial charge in [-0.2, -0.15) is 9.98 Å². The lowest BCUT2D eigenvalue weighted by atomic mass is 10.3. The van der Waals surface area contributed by atoms with Crippen molar-refractivity contribution in [3.05, 3.63) is 23.2 Å². The summed E-state index contributed by atoms with van der Waals surface area (Å²) in [5, 5.41) is 10.9. The number of anilines is 1. The first kappa shape index (κ1) is 14.4. The quantitative estimate of drug-likeness (QED) is 0.810. The van der Waals surface area contributed by atoms with Gasteiger partial charge in [0.25, 0.3) is 0 Å². The summed E-state index contributed by atoms with van der Waals surface area (Å²) in [6.07, 6.45) is 0. The van der Waals surface area contributed by atoms with Crippen molar-refractivity contribution < 1.29 is 13.2 Å². The molecule has 18 heavy (non-hydrogen) atoms. The summed E-state index contributed by atoms with van der Waals surface area (Å²) in [6, 6.07) is 5.53. The number of nitriles is 1. The number of hydrogen-bond acceptors (Lipinski definition) is 4. The number of nitrogens with one attached hydrogen (secondary N) is 2. The molecular formula is C10H10ClN3O3S. The fourth-order valence-electron chi connectivity index (χ4n) is 1.16. The Morgan fingerprint density at radius 3 is 2.67 bits per heavy atom. The van der Waals surface area contributed by atoms with Gasteiger partial charge in [-0.25, -0.2) is 8.42 Å². The second-order valence-corrected chi connectivity index (χ2v) is 5.48. The largest absolute Gasteiger partial charge is 0.325 e. The Balaban J connectivity index is 3.04. The normalized spacial score (nSPS) is 10.7. The molecule has 0 aromatic heterocycles. The summed E-state index contributed by atoms with van der Waals surface area (Å²) in [5.41, 5.74) is 0.323. The van der Waals surface area contributed by atoms with Crippen molar-refractivity contribution >= 4 is 33.2 Å². The summed E-state index contributed by atoms with van der Waals surface area (Å²) in [6.45, 7) is 0.989. The van der Waals surface area contributed by atoms with Gasteiger partial charge >= 0.3 is 0 Å². The zero-order valence-corrected chi connectivity index (χ0v) is 11.0. The van der Waals surface area contributed by atoms with Gasteiger partial charge < -0.3 is 5.32 Å². The number of benzene rings is 1. The van der Waals surface area contributed by atoms with E-state index in [-0.39, 0.29) is 22.4 Å². The van der Waals surface area contributed by atoms with Crippen molar-refractivity contribution in [2.24, 2.45) is 0 Å². The molecule has 1 amide bonds. The molecule has 0 aliphatic rings. The van der Waals surface area contributed by atoms with Gasteiger partial charge in [-0.05, 0) is 18.2 Å². The van der Waals surface area contributed by atoms with Crippen molar-refractivity contribution in [2.75, 3.05) is 11.9 Å². The summed E-state index contributed by atoms with van der Waals surface area (Å²) in [4.78, 5) is 10.8. The highest BCUT2D eigenvalue weighted by atomic mass is 35.5. The number of nitrogens with zero attached hydrogens (tertiary/aromatic N) is 1. The molecule has 0 aliphatic heterocycles. The SMILES string of the molecule is CC(=O)Nc1ccc(S(=O)(=O)NCC#N)cc1Cl. The summed E-state index contributed by atoms with van der Waals surface area (Å²) >= 11 is 5.84. The Bertz CT molecular complexity index is 607. The Morgan fingerprint density at radius 1 is 1.50 bits per heavy atom. The third kappa shape index (κ3) is 3.70. The van der Waals surface area contributed by atoms with Crippen LogP contribution in [-0.2, 0) is 14.8 Å². The third-order valence-corrected chi connectivity index (χ3v) is 3.61. The molecule has 0 radical (unpaired) electrons. The number of halogens is 1. The summed E-state index contributed by atoms with van der Waals surface area (Å²) in [7, 11) is -3.76. The van der Waals surface area contributed by atoms with E-state index in [1.165, 1.54) is 25.1 Å². The van der Waals surface area contributed by atoms with E-state index in [9.17, 15) is 13.2 Å². The van der Waals surface area contributed by atoms with Gasteiger partial charge in [0.2, 0.25) is 15.9 Å². The molecule has 96 valence electrons. The minimum absolute atomic E-state index is 0.0724.